The van der Waals surface area contributed by atoms with Crippen LogP contribution >= 0.6 is 11.6 Å². The van der Waals surface area contributed by atoms with Gasteiger partial charge in [-0.15, -0.1) is 0 Å². The summed E-state index contributed by atoms with van der Waals surface area (Å²) in [5.74, 6) is 1.28. The first kappa shape index (κ1) is 14.3. The average Bonchev–Trinajstić information content (AvgIpc) is 2.84. The summed E-state index contributed by atoms with van der Waals surface area (Å²) >= 11 is 5.99. The van der Waals surface area contributed by atoms with Crippen LogP contribution in [0.4, 0.5) is 5.82 Å². The Bertz CT molecular complexity index is 611. The number of hydrogen-bond acceptors (Lipinski definition) is 4. The maximum absolute atomic E-state index is 12.0. The minimum absolute atomic E-state index is 0.198. The van der Waals surface area contributed by atoms with Gasteiger partial charge in [-0.25, -0.2) is 9.97 Å². The zero-order valence-corrected chi connectivity index (χ0v) is 12.1. The monoisotopic (exact) mass is 293 g/mol. The summed E-state index contributed by atoms with van der Waals surface area (Å²) in [6, 6.07) is 1.59. The molecule has 7 heteroatoms. The van der Waals surface area contributed by atoms with Crippen LogP contribution in [0.3, 0.4) is 0 Å². The van der Waals surface area contributed by atoms with E-state index in [0.29, 0.717) is 29.4 Å². The molecule has 106 valence electrons. The summed E-state index contributed by atoms with van der Waals surface area (Å²) in [5, 5.41) is 6.08. The number of aryl methyl sites for hydroxylation is 1. The summed E-state index contributed by atoms with van der Waals surface area (Å²) in [5.41, 5.74) is 0.439. The minimum atomic E-state index is -0.198. The Morgan fingerprint density at radius 3 is 2.85 bits per heavy atom. The van der Waals surface area contributed by atoms with Gasteiger partial charge < -0.3 is 15.2 Å². The molecule has 0 spiro atoms. The number of rotatable bonds is 5. The second-order valence-electron chi connectivity index (χ2n) is 4.26. The molecule has 0 atom stereocenters. The molecule has 2 rings (SSSR count). The molecule has 0 bridgehead atoms. The van der Waals surface area contributed by atoms with Crippen LogP contribution in [0.25, 0.3) is 0 Å². The lowest BCUT2D eigenvalue weighted by Crippen LogP contribution is -2.26. The third kappa shape index (κ3) is 3.27. The second kappa shape index (κ2) is 6.38. The molecule has 2 aromatic heterocycles. The Kier molecular flexibility index (Phi) is 4.57. The van der Waals surface area contributed by atoms with Gasteiger partial charge in [0.05, 0.1) is 10.6 Å². The fourth-order valence-corrected chi connectivity index (χ4v) is 2.03. The first-order valence-electron chi connectivity index (χ1n) is 6.19. The highest BCUT2D eigenvalue weighted by molar-refractivity contribution is 6.33. The fourth-order valence-electron chi connectivity index (χ4n) is 1.77. The molecule has 0 unspecified atom stereocenters. The van der Waals surface area contributed by atoms with Crippen molar-refractivity contribution in [1.29, 1.82) is 0 Å². The van der Waals surface area contributed by atoms with Crippen LogP contribution in [-0.4, -0.2) is 34.0 Å². The molecule has 0 saturated carbocycles. The van der Waals surface area contributed by atoms with Gasteiger partial charge in [0.15, 0.2) is 0 Å². The lowest BCUT2D eigenvalue weighted by Gasteiger charge is -2.07. The van der Waals surface area contributed by atoms with Crippen molar-refractivity contribution in [2.75, 3.05) is 18.9 Å². The number of nitrogens with zero attached hydrogens (tertiary/aromatic N) is 3. The highest BCUT2D eigenvalue weighted by Gasteiger charge is 2.09. The highest BCUT2D eigenvalue weighted by atomic mass is 35.5. The van der Waals surface area contributed by atoms with Crippen molar-refractivity contribution in [3.63, 3.8) is 0 Å². The summed E-state index contributed by atoms with van der Waals surface area (Å²) < 4.78 is 1.92. The molecule has 0 fully saturated rings. The largest absolute Gasteiger partial charge is 0.372 e. The van der Waals surface area contributed by atoms with E-state index in [2.05, 4.69) is 20.6 Å². The Morgan fingerprint density at radius 1 is 1.45 bits per heavy atom. The van der Waals surface area contributed by atoms with E-state index < -0.39 is 0 Å². The van der Waals surface area contributed by atoms with Crippen LogP contribution in [0.15, 0.2) is 24.7 Å². The molecule has 2 heterocycles. The second-order valence-corrected chi connectivity index (χ2v) is 4.67. The van der Waals surface area contributed by atoms with E-state index in [1.807, 2.05) is 17.8 Å². The topological polar surface area (TPSA) is 71.8 Å². The summed E-state index contributed by atoms with van der Waals surface area (Å²) in [6.07, 6.45) is 5.77. The zero-order valence-electron chi connectivity index (χ0n) is 11.4. The molecule has 2 N–H and O–H groups in total. The summed E-state index contributed by atoms with van der Waals surface area (Å²) in [7, 11) is 3.64. The summed E-state index contributed by atoms with van der Waals surface area (Å²) in [6.45, 7) is 0.509. The van der Waals surface area contributed by atoms with E-state index in [1.165, 1.54) is 6.20 Å². The van der Waals surface area contributed by atoms with E-state index >= 15 is 0 Å². The van der Waals surface area contributed by atoms with Crippen LogP contribution in [-0.2, 0) is 13.5 Å². The van der Waals surface area contributed by atoms with Gasteiger partial charge in [-0.1, -0.05) is 11.6 Å². The van der Waals surface area contributed by atoms with Crippen LogP contribution in [0.1, 0.15) is 16.2 Å². The first-order chi connectivity index (χ1) is 9.61. The number of hydrogen-bond donors (Lipinski definition) is 2. The van der Waals surface area contributed by atoms with E-state index in [1.54, 1.807) is 19.3 Å². The van der Waals surface area contributed by atoms with Gasteiger partial charge >= 0.3 is 0 Å². The van der Waals surface area contributed by atoms with Crippen molar-refractivity contribution in [2.24, 2.45) is 7.05 Å². The van der Waals surface area contributed by atoms with Gasteiger partial charge in [0.2, 0.25) is 0 Å². The molecule has 0 aliphatic heterocycles. The number of aromatic nitrogens is 3. The molecule has 20 heavy (non-hydrogen) atoms. The molecule has 6 nitrogen and oxygen atoms in total. The number of amides is 1. The molecule has 0 radical (unpaired) electrons. The van der Waals surface area contributed by atoms with Crippen molar-refractivity contribution < 1.29 is 4.79 Å². The van der Waals surface area contributed by atoms with Gasteiger partial charge in [0.1, 0.15) is 11.6 Å². The molecule has 1 amide bonds. The zero-order chi connectivity index (χ0) is 14.5. The SMILES string of the molecule is CNc1ncc(C(=O)NCCc2nccn2C)cc1Cl. The quantitative estimate of drug-likeness (QED) is 0.876. The Morgan fingerprint density at radius 2 is 2.25 bits per heavy atom. The van der Waals surface area contributed by atoms with Crippen molar-refractivity contribution in [1.82, 2.24) is 19.9 Å². The van der Waals surface area contributed by atoms with E-state index in [9.17, 15) is 4.79 Å². The standard InChI is InChI=1S/C13H16ClN5O/c1-15-12-10(14)7-9(8-18-12)13(20)17-4-3-11-16-5-6-19(11)2/h5-8H,3-4H2,1-2H3,(H,15,18)(H,17,20). The van der Waals surface area contributed by atoms with Crippen LogP contribution in [0, 0.1) is 0 Å². The molecule has 2 aromatic rings. The number of carbonyl (C=O) groups is 1. The number of nitrogens with one attached hydrogen (secondary N) is 2. The Balaban J connectivity index is 1.92. The maximum atomic E-state index is 12.0. The molecular weight excluding hydrogens is 278 g/mol. The normalized spacial score (nSPS) is 10.3. The number of carbonyl (C=O) groups excluding carboxylic acids is 1. The van der Waals surface area contributed by atoms with E-state index in [0.717, 1.165) is 5.82 Å². The third-order valence-electron chi connectivity index (χ3n) is 2.90. The van der Waals surface area contributed by atoms with E-state index in [-0.39, 0.29) is 5.91 Å². The molecule has 0 aliphatic carbocycles. The average molecular weight is 294 g/mol. The minimum Gasteiger partial charge on any atom is -0.372 e. The van der Waals surface area contributed by atoms with Crippen LogP contribution < -0.4 is 10.6 Å². The number of pyridine rings is 1. The van der Waals surface area contributed by atoms with Gasteiger partial charge in [-0.05, 0) is 6.07 Å². The summed E-state index contributed by atoms with van der Waals surface area (Å²) in [4.78, 5) is 20.2. The molecule has 0 saturated heterocycles. The van der Waals surface area contributed by atoms with Gasteiger partial charge in [0, 0.05) is 45.7 Å². The number of imidazole rings is 1. The van der Waals surface area contributed by atoms with Gasteiger partial charge in [0.25, 0.3) is 5.91 Å². The number of anilines is 1. The first-order valence-corrected chi connectivity index (χ1v) is 6.57. The molecule has 0 aliphatic rings. The lowest BCUT2D eigenvalue weighted by molar-refractivity contribution is 0.0953. The highest BCUT2D eigenvalue weighted by Crippen LogP contribution is 2.19. The predicted octanol–water partition coefficient (Wildman–Crippen LogP) is 1.48. The van der Waals surface area contributed by atoms with E-state index in [4.69, 9.17) is 11.6 Å². The van der Waals surface area contributed by atoms with Crippen molar-refractivity contribution in [3.8, 4) is 0 Å². The van der Waals surface area contributed by atoms with Gasteiger partial charge in [-0.3, -0.25) is 4.79 Å². The maximum Gasteiger partial charge on any atom is 0.252 e. The smallest absolute Gasteiger partial charge is 0.252 e. The fraction of sp³-hybridized carbons (Fsp3) is 0.308. The van der Waals surface area contributed by atoms with Crippen LogP contribution in [0.5, 0.6) is 0 Å². The lowest BCUT2D eigenvalue weighted by atomic mass is 10.2. The van der Waals surface area contributed by atoms with Crippen LogP contribution in [0.2, 0.25) is 5.02 Å². The van der Waals surface area contributed by atoms with Crippen molar-refractivity contribution >= 4 is 23.3 Å². The Hall–Kier alpha value is -2.08. The molecular formula is C13H16ClN5O. The predicted molar refractivity (Wildman–Crippen MR) is 78.0 cm³/mol. The molecule has 0 aromatic carbocycles. The van der Waals surface area contributed by atoms with Crippen molar-refractivity contribution in [3.05, 3.63) is 41.1 Å². The van der Waals surface area contributed by atoms with Crippen molar-refractivity contribution in [2.45, 2.75) is 6.42 Å². The Labute approximate surface area is 122 Å². The third-order valence-corrected chi connectivity index (χ3v) is 3.18. The number of halogens is 1. The van der Waals surface area contributed by atoms with Gasteiger partial charge in [-0.2, -0.15) is 0 Å².